The maximum absolute atomic E-state index is 10.9. The normalized spacial score (nSPS) is 12.8. The average Bonchev–Trinajstić information content (AvgIpc) is 2.62. The minimum absolute atomic E-state index is 0.672. The predicted octanol–water partition coefficient (Wildman–Crippen LogP) is 3.10. The van der Waals surface area contributed by atoms with Crippen molar-refractivity contribution in [1.82, 2.24) is 0 Å². The SMILES string of the molecule is O=C(O)C(=CNc1ccc2c(c1)CCCN2Cc1ccccc1)C(=O)O. The number of benzene rings is 2. The molecule has 0 saturated heterocycles. The summed E-state index contributed by atoms with van der Waals surface area (Å²) in [5, 5.41) is 20.6. The molecule has 3 N–H and O–H groups in total. The van der Waals surface area contributed by atoms with Crippen LogP contribution in [0.3, 0.4) is 0 Å². The van der Waals surface area contributed by atoms with Gasteiger partial charge in [-0.1, -0.05) is 30.3 Å². The van der Waals surface area contributed by atoms with Gasteiger partial charge < -0.3 is 20.4 Å². The molecule has 6 heteroatoms. The van der Waals surface area contributed by atoms with Crippen molar-refractivity contribution in [1.29, 1.82) is 0 Å². The van der Waals surface area contributed by atoms with Crippen LogP contribution in [-0.4, -0.2) is 28.7 Å². The highest BCUT2D eigenvalue weighted by Gasteiger charge is 2.18. The third-order valence-corrected chi connectivity index (χ3v) is 4.35. The van der Waals surface area contributed by atoms with Crippen LogP contribution in [-0.2, 0) is 22.6 Å². The lowest BCUT2D eigenvalue weighted by atomic mass is 10.00. The van der Waals surface area contributed by atoms with E-state index in [1.165, 1.54) is 5.56 Å². The van der Waals surface area contributed by atoms with Crippen molar-refractivity contribution in [2.45, 2.75) is 19.4 Å². The Hall–Kier alpha value is -3.28. The summed E-state index contributed by atoms with van der Waals surface area (Å²) in [6, 6.07) is 16.0. The number of fused-ring (bicyclic) bond motifs is 1. The van der Waals surface area contributed by atoms with Crippen LogP contribution in [0.4, 0.5) is 11.4 Å². The van der Waals surface area contributed by atoms with Crippen molar-refractivity contribution in [3.8, 4) is 0 Å². The zero-order valence-electron chi connectivity index (χ0n) is 14.2. The molecular weight excluding hydrogens is 332 g/mol. The Morgan fingerprint density at radius 3 is 2.50 bits per heavy atom. The standard InChI is InChI=1S/C20H20N2O4/c23-19(24)17(20(25)26)12-21-16-8-9-18-15(11-16)7-4-10-22(18)13-14-5-2-1-3-6-14/h1-3,5-6,8-9,11-12,21H,4,7,10,13H2,(H,23,24)(H,25,26). The molecule has 2 aromatic carbocycles. The van der Waals surface area contributed by atoms with Crippen LogP contribution >= 0.6 is 0 Å². The zero-order valence-corrected chi connectivity index (χ0v) is 14.2. The van der Waals surface area contributed by atoms with E-state index < -0.39 is 17.5 Å². The van der Waals surface area contributed by atoms with E-state index in [-0.39, 0.29) is 0 Å². The number of nitrogens with zero attached hydrogens (tertiary/aromatic N) is 1. The summed E-state index contributed by atoms with van der Waals surface area (Å²) in [5.41, 5.74) is 3.54. The molecule has 0 fully saturated rings. The molecule has 0 atom stereocenters. The van der Waals surface area contributed by atoms with Gasteiger partial charge >= 0.3 is 11.9 Å². The molecule has 2 aromatic rings. The highest BCUT2D eigenvalue weighted by atomic mass is 16.4. The van der Waals surface area contributed by atoms with Crippen LogP contribution < -0.4 is 10.2 Å². The van der Waals surface area contributed by atoms with Gasteiger partial charge in [-0.25, -0.2) is 9.59 Å². The number of nitrogens with one attached hydrogen (secondary N) is 1. The van der Waals surface area contributed by atoms with Crippen LogP contribution in [0, 0.1) is 0 Å². The third-order valence-electron chi connectivity index (χ3n) is 4.35. The fraction of sp³-hybridized carbons (Fsp3) is 0.200. The summed E-state index contributed by atoms with van der Waals surface area (Å²) in [5.74, 6) is -2.95. The monoisotopic (exact) mass is 352 g/mol. The summed E-state index contributed by atoms with van der Waals surface area (Å²) in [7, 11) is 0. The van der Waals surface area contributed by atoms with E-state index in [4.69, 9.17) is 10.2 Å². The van der Waals surface area contributed by atoms with Gasteiger partial charge in [-0.05, 0) is 42.2 Å². The first-order chi connectivity index (χ1) is 12.5. The van der Waals surface area contributed by atoms with Gasteiger partial charge in [0.15, 0.2) is 5.57 Å². The largest absolute Gasteiger partial charge is 0.477 e. The smallest absolute Gasteiger partial charge is 0.344 e. The zero-order chi connectivity index (χ0) is 18.5. The fourth-order valence-electron chi connectivity index (χ4n) is 3.10. The van der Waals surface area contributed by atoms with Crippen molar-refractivity contribution in [2.24, 2.45) is 0 Å². The van der Waals surface area contributed by atoms with Gasteiger partial charge in [0.1, 0.15) is 0 Å². The van der Waals surface area contributed by atoms with E-state index in [1.54, 1.807) is 0 Å². The number of carboxylic acids is 2. The second-order valence-corrected chi connectivity index (χ2v) is 6.17. The molecule has 0 saturated carbocycles. The molecule has 26 heavy (non-hydrogen) atoms. The van der Waals surface area contributed by atoms with Crippen LogP contribution in [0.2, 0.25) is 0 Å². The number of carbonyl (C=O) groups is 2. The van der Waals surface area contributed by atoms with Crippen LogP contribution in [0.1, 0.15) is 17.5 Å². The van der Waals surface area contributed by atoms with Gasteiger partial charge in [-0.2, -0.15) is 0 Å². The molecule has 1 heterocycles. The van der Waals surface area contributed by atoms with Crippen LogP contribution in [0.25, 0.3) is 0 Å². The molecule has 0 radical (unpaired) electrons. The molecular formula is C20H20N2O4. The Labute approximate surface area is 151 Å². The Balaban J connectivity index is 1.79. The number of anilines is 2. The number of aryl methyl sites for hydroxylation is 1. The van der Waals surface area contributed by atoms with Gasteiger partial charge in [0.05, 0.1) is 0 Å². The Bertz CT molecular complexity index is 830. The Morgan fingerprint density at radius 1 is 1.08 bits per heavy atom. The van der Waals surface area contributed by atoms with E-state index in [9.17, 15) is 9.59 Å². The second-order valence-electron chi connectivity index (χ2n) is 6.17. The lowest BCUT2D eigenvalue weighted by molar-refractivity contribution is -0.140. The minimum atomic E-state index is -1.48. The van der Waals surface area contributed by atoms with E-state index in [0.717, 1.165) is 43.4 Å². The number of carboxylic acid groups (broad SMARTS) is 2. The molecule has 0 aliphatic carbocycles. The quantitative estimate of drug-likeness (QED) is 0.420. The topological polar surface area (TPSA) is 89.9 Å². The van der Waals surface area contributed by atoms with Crippen LogP contribution in [0.5, 0.6) is 0 Å². The van der Waals surface area contributed by atoms with Crippen molar-refractivity contribution >= 4 is 23.3 Å². The summed E-state index contributed by atoms with van der Waals surface area (Å²) in [6.07, 6.45) is 2.98. The first kappa shape index (κ1) is 17.5. The molecule has 3 rings (SSSR count). The van der Waals surface area contributed by atoms with Gasteiger partial charge in [-0.15, -0.1) is 0 Å². The molecule has 134 valence electrons. The van der Waals surface area contributed by atoms with Gasteiger partial charge in [0.2, 0.25) is 0 Å². The van der Waals surface area contributed by atoms with E-state index in [2.05, 4.69) is 22.3 Å². The van der Waals surface area contributed by atoms with Gasteiger partial charge in [0, 0.05) is 30.7 Å². The molecule has 6 nitrogen and oxygen atoms in total. The van der Waals surface area contributed by atoms with Gasteiger partial charge in [0.25, 0.3) is 0 Å². The molecule has 0 spiro atoms. The number of aliphatic carboxylic acids is 2. The predicted molar refractivity (Wildman–Crippen MR) is 99.2 cm³/mol. The summed E-state index contributed by atoms with van der Waals surface area (Å²) >= 11 is 0. The molecule has 1 aliphatic heterocycles. The lowest BCUT2D eigenvalue weighted by Gasteiger charge is -2.31. The first-order valence-corrected chi connectivity index (χ1v) is 8.39. The van der Waals surface area contributed by atoms with Crippen LogP contribution in [0.15, 0.2) is 60.3 Å². The molecule has 1 aliphatic rings. The second kappa shape index (κ2) is 7.74. The fourth-order valence-corrected chi connectivity index (χ4v) is 3.10. The first-order valence-electron chi connectivity index (χ1n) is 8.39. The maximum Gasteiger partial charge on any atom is 0.344 e. The highest BCUT2D eigenvalue weighted by Crippen LogP contribution is 2.30. The van der Waals surface area contributed by atoms with E-state index in [1.807, 2.05) is 36.4 Å². The molecule has 0 aromatic heterocycles. The maximum atomic E-state index is 10.9. The van der Waals surface area contributed by atoms with Crippen molar-refractivity contribution in [3.63, 3.8) is 0 Å². The average molecular weight is 352 g/mol. The van der Waals surface area contributed by atoms with Gasteiger partial charge in [-0.3, -0.25) is 0 Å². The number of hydrogen-bond acceptors (Lipinski definition) is 4. The highest BCUT2D eigenvalue weighted by molar-refractivity contribution is 6.12. The van der Waals surface area contributed by atoms with Crippen molar-refractivity contribution < 1.29 is 19.8 Å². The van der Waals surface area contributed by atoms with E-state index in [0.29, 0.717) is 5.69 Å². The summed E-state index contributed by atoms with van der Waals surface area (Å²) in [6.45, 7) is 1.82. The summed E-state index contributed by atoms with van der Waals surface area (Å²) in [4.78, 5) is 24.2. The van der Waals surface area contributed by atoms with Crippen molar-refractivity contribution in [3.05, 3.63) is 71.4 Å². The molecule has 0 amide bonds. The van der Waals surface area contributed by atoms with E-state index >= 15 is 0 Å². The number of hydrogen-bond donors (Lipinski definition) is 3. The molecule has 0 unspecified atom stereocenters. The Morgan fingerprint density at radius 2 is 1.81 bits per heavy atom. The van der Waals surface area contributed by atoms with Crippen molar-refractivity contribution in [2.75, 3.05) is 16.8 Å². The number of rotatable bonds is 6. The summed E-state index contributed by atoms with van der Waals surface area (Å²) < 4.78 is 0. The minimum Gasteiger partial charge on any atom is -0.477 e. The molecule has 0 bridgehead atoms. The third kappa shape index (κ3) is 4.03. The Kier molecular flexibility index (Phi) is 5.22. The lowest BCUT2D eigenvalue weighted by Crippen LogP contribution is -2.28.